The molecule has 74 valence electrons. The first-order valence-electron chi connectivity index (χ1n) is 4.46. The Morgan fingerprint density at radius 2 is 2.36 bits per heavy atom. The fourth-order valence-corrected chi connectivity index (χ4v) is 1.82. The lowest BCUT2D eigenvalue weighted by molar-refractivity contribution is 0.0588. The number of hydrogen-bond acceptors (Lipinski definition) is 3. The van der Waals surface area contributed by atoms with E-state index in [1.165, 1.54) is 6.20 Å². The SMILES string of the molecule is CC1(O)CCc2cc(C(=O)O)ncc21. The van der Waals surface area contributed by atoms with E-state index in [4.69, 9.17) is 5.11 Å². The van der Waals surface area contributed by atoms with Gasteiger partial charge in [-0.1, -0.05) is 0 Å². The molecule has 1 unspecified atom stereocenters. The number of rotatable bonds is 1. The average Bonchev–Trinajstić information content (AvgIpc) is 2.42. The highest BCUT2D eigenvalue weighted by Gasteiger charge is 2.32. The van der Waals surface area contributed by atoms with Crippen LogP contribution in [0, 0.1) is 0 Å². The minimum absolute atomic E-state index is 0.0430. The van der Waals surface area contributed by atoms with Gasteiger partial charge in [0.25, 0.3) is 0 Å². The molecule has 2 N–H and O–H groups in total. The van der Waals surface area contributed by atoms with Gasteiger partial charge in [0, 0.05) is 11.8 Å². The van der Waals surface area contributed by atoms with Crippen LogP contribution in [0.25, 0.3) is 0 Å². The lowest BCUT2D eigenvalue weighted by atomic mass is 10.0. The molecule has 4 heteroatoms. The molecule has 0 amide bonds. The topological polar surface area (TPSA) is 70.4 Å². The maximum atomic E-state index is 10.6. The van der Waals surface area contributed by atoms with Gasteiger partial charge in [0.2, 0.25) is 0 Å². The van der Waals surface area contributed by atoms with Gasteiger partial charge >= 0.3 is 5.97 Å². The monoisotopic (exact) mass is 193 g/mol. The Hall–Kier alpha value is -1.42. The second-order valence-corrected chi connectivity index (χ2v) is 3.81. The number of aliphatic hydroxyl groups is 1. The van der Waals surface area contributed by atoms with Crippen LogP contribution >= 0.6 is 0 Å². The summed E-state index contributed by atoms with van der Waals surface area (Å²) in [6.45, 7) is 1.72. The molecule has 1 atom stereocenters. The number of carboxylic acids is 1. The number of nitrogens with zero attached hydrogens (tertiary/aromatic N) is 1. The second-order valence-electron chi connectivity index (χ2n) is 3.81. The Bertz CT molecular complexity index is 398. The van der Waals surface area contributed by atoms with Crippen molar-refractivity contribution < 1.29 is 15.0 Å². The second kappa shape index (κ2) is 2.78. The summed E-state index contributed by atoms with van der Waals surface area (Å²) in [5, 5.41) is 18.6. The van der Waals surface area contributed by atoms with E-state index in [-0.39, 0.29) is 5.69 Å². The van der Waals surface area contributed by atoms with E-state index in [2.05, 4.69) is 4.98 Å². The molecular weight excluding hydrogens is 182 g/mol. The third-order valence-corrected chi connectivity index (χ3v) is 2.67. The fourth-order valence-electron chi connectivity index (χ4n) is 1.82. The van der Waals surface area contributed by atoms with Crippen molar-refractivity contribution in [3.05, 3.63) is 29.1 Å². The zero-order valence-corrected chi connectivity index (χ0v) is 7.82. The van der Waals surface area contributed by atoms with Gasteiger partial charge in [-0.2, -0.15) is 0 Å². The highest BCUT2D eigenvalue weighted by molar-refractivity contribution is 5.85. The predicted molar refractivity (Wildman–Crippen MR) is 49.1 cm³/mol. The van der Waals surface area contributed by atoms with E-state index in [0.29, 0.717) is 12.8 Å². The van der Waals surface area contributed by atoms with E-state index in [1.807, 2.05) is 0 Å². The highest BCUT2D eigenvalue weighted by Crippen LogP contribution is 2.35. The molecule has 14 heavy (non-hydrogen) atoms. The summed E-state index contributed by atoms with van der Waals surface area (Å²) in [6, 6.07) is 1.54. The summed E-state index contributed by atoms with van der Waals surface area (Å²) in [5.41, 5.74) is 0.839. The lowest BCUT2D eigenvalue weighted by Crippen LogP contribution is -2.17. The first-order valence-corrected chi connectivity index (χ1v) is 4.46. The van der Waals surface area contributed by atoms with E-state index in [0.717, 1.165) is 11.1 Å². The van der Waals surface area contributed by atoms with Crippen LogP contribution in [0.1, 0.15) is 35.0 Å². The van der Waals surface area contributed by atoms with Gasteiger partial charge in [-0.15, -0.1) is 0 Å². The third-order valence-electron chi connectivity index (χ3n) is 2.67. The molecule has 0 spiro atoms. The fraction of sp³-hybridized carbons (Fsp3) is 0.400. The van der Waals surface area contributed by atoms with Crippen molar-refractivity contribution in [3.63, 3.8) is 0 Å². The van der Waals surface area contributed by atoms with Crippen molar-refractivity contribution in [1.82, 2.24) is 4.98 Å². The maximum Gasteiger partial charge on any atom is 0.354 e. The molecule has 0 bridgehead atoms. The molecule has 1 aliphatic carbocycles. The van der Waals surface area contributed by atoms with E-state index in [9.17, 15) is 9.90 Å². The highest BCUT2D eigenvalue weighted by atomic mass is 16.4. The molecule has 1 aliphatic rings. The van der Waals surface area contributed by atoms with Crippen molar-refractivity contribution in [2.24, 2.45) is 0 Å². The molecule has 1 aromatic heterocycles. The first-order chi connectivity index (χ1) is 6.50. The van der Waals surface area contributed by atoms with E-state index in [1.54, 1.807) is 13.0 Å². The zero-order valence-electron chi connectivity index (χ0n) is 7.82. The molecule has 1 aromatic rings. The zero-order chi connectivity index (χ0) is 10.3. The Morgan fingerprint density at radius 3 is 3.00 bits per heavy atom. The number of fused-ring (bicyclic) bond motifs is 1. The van der Waals surface area contributed by atoms with Crippen LogP contribution in [0.5, 0.6) is 0 Å². The van der Waals surface area contributed by atoms with Gasteiger partial charge in [0.15, 0.2) is 0 Å². The molecule has 0 radical (unpaired) electrons. The molecule has 0 fully saturated rings. The largest absolute Gasteiger partial charge is 0.477 e. The van der Waals surface area contributed by atoms with Crippen molar-refractivity contribution in [3.8, 4) is 0 Å². The van der Waals surface area contributed by atoms with E-state index < -0.39 is 11.6 Å². The Balaban J connectivity index is 2.49. The lowest BCUT2D eigenvalue weighted by Gasteiger charge is -2.16. The molecule has 0 aliphatic heterocycles. The van der Waals surface area contributed by atoms with Crippen LogP contribution in [0.4, 0.5) is 0 Å². The number of aromatic carboxylic acids is 1. The van der Waals surface area contributed by atoms with Crippen LogP contribution < -0.4 is 0 Å². The average molecular weight is 193 g/mol. The van der Waals surface area contributed by atoms with Crippen molar-refractivity contribution in [2.45, 2.75) is 25.4 Å². The third kappa shape index (κ3) is 1.28. The van der Waals surface area contributed by atoms with Gasteiger partial charge in [0.05, 0.1) is 5.60 Å². The van der Waals surface area contributed by atoms with Gasteiger partial charge in [-0.05, 0) is 31.4 Å². The molecular formula is C10H11NO3. The van der Waals surface area contributed by atoms with Gasteiger partial charge in [0.1, 0.15) is 5.69 Å². The van der Waals surface area contributed by atoms with Crippen molar-refractivity contribution in [1.29, 1.82) is 0 Å². The summed E-state index contributed by atoms with van der Waals surface area (Å²) < 4.78 is 0. The number of aromatic nitrogens is 1. The minimum Gasteiger partial charge on any atom is -0.477 e. The maximum absolute atomic E-state index is 10.6. The number of carbonyl (C=O) groups is 1. The summed E-state index contributed by atoms with van der Waals surface area (Å²) in [5.74, 6) is -1.03. The summed E-state index contributed by atoms with van der Waals surface area (Å²) in [4.78, 5) is 14.4. The van der Waals surface area contributed by atoms with Crippen LogP contribution in [-0.2, 0) is 12.0 Å². The Kier molecular flexibility index (Phi) is 1.82. The number of aryl methyl sites for hydroxylation is 1. The summed E-state index contributed by atoms with van der Waals surface area (Å²) >= 11 is 0. The van der Waals surface area contributed by atoms with Crippen molar-refractivity contribution >= 4 is 5.97 Å². The number of hydrogen-bond donors (Lipinski definition) is 2. The molecule has 2 rings (SSSR count). The van der Waals surface area contributed by atoms with E-state index >= 15 is 0 Å². The normalized spacial score (nSPS) is 24.7. The summed E-state index contributed by atoms with van der Waals surface area (Å²) in [7, 11) is 0. The molecule has 1 heterocycles. The smallest absolute Gasteiger partial charge is 0.354 e. The van der Waals surface area contributed by atoms with Gasteiger partial charge in [-0.25, -0.2) is 9.78 Å². The van der Waals surface area contributed by atoms with Crippen LogP contribution in [0.3, 0.4) is 0 Å². The molecule has 0 saturated carbocycles. The predicted octanol–water partition coefficient (Wildman–Crippen LogP) is 0.933. The van der Waals surface area contributed by atoms with Crippen LogP contribution in [-0.4, -0.2) is 21.2 Å². The molecule has 0 aromatic carbocycles. The van der Waals surface area contributed by atoms with Gasteiger partial charge in [-0.3, -0.25) is 0 Å². The minimum atomic E-state index is -1.03. The standard InChI is InChI=1S/C10H11NO3/c1-10(14)3-2-6-4-8(9(12)13)11-5-7(6)10/h4-5,14H,2-3H2,1H3,(H,12,13). The van der Waals surface area contributed by atoms with Crippen LogP contribution in [0.2, 0.25) is 0 Å². The number of pyridine rings is 1. The first kappa shape index (κ1) is 9.15. The number of carboxylic acid groups (broad SMARTS) is 1. The van der Waals surface area contributed by atoms with Crippen molar-refractivity contribution in [2.75, 3.05) is 0 Å². The Labute approximate surface area is 81.2 Å². The van der Waals surface area contributed by atoms with Gasteiger partial charge < -0.3 is 10.2 Å². The Morgan fingerprint density at radius 1 is 1.64 bits per heavy atom. The summed E-state index contributed by atoms with van der Waals surface area (Å²) in [6.07, 6.45) is 2.81. The van der Waals surface area contributed by atoms with Crippen LogP contribution in [0.15, 0.2) is 12.3 Å². The quantitative estimate of drug-likeness (QED) is 0.696. The molecule has 0 saturated heterocycles. The molecule has 4 nitrogen and oxygen atoms in total.